The number of aliphatic hydroxyl groups excluding tert-OH is 1. The van der Waals surface area contributed by atoms with Gasteiger partial charge in [0.05, 0.1) is 0 Å². The van der Waals surface area contributed by atoms with Gasteiger partial charge >= 0.3 is 5.97 Å². The lowest BCUT2D eigenvalue weighted by Gasteiger charge is -2.11. The Morgan fingerprint density at radius 1 is 1.40 bits per heavy atom. The van der Waals surface area contributed by atoms with E-state index in [9.17, 15) is 4.79 Å². The maximum absolute atomic E-state index is 10.7. The van der Waals surface area contributed by atoms with Crippen LogP contribution in [0.4, 0.5) is 0 Å². The Morgan fingerprint density at radius 3 is 2.20 bits per heavy atom. The van der Waals surface area contributed by atoms with E-state index in [1.54, 1.807) is 13.0 Å². The van der Waals surface area contributed by atoms with Gasteiger partial charge in [-0.25, -0.2) is 4.79 Å². The number of aliphatic carboxylic acids is 1. The first-order valence-corrected chi connectivity index (χ1v) is 4.64. The molecule has 0 unspecified atom stereocenters. The topological polar surface area (TPSA) is 69.6 Å². The van der Waals surface area contributed by atoms with E-state index >= 15 is 0 Å². The van der Waals surface area contributed by atoms with Gasteiger partial charge in [0, 0.05) is 11.7 Å². The van der Waals surface area contributed by atoms with Crippen LogP contribution in [0.5, 0.6) is 0 Å². The molecule has 0 aliphatic heterocycles. The number of allylic oxidation sites excluding steroid dienone is 2. The van der Waals surface area contributed by atoms with E-state index in [1.165, 1.54) is 6.08 Å². The van der Waals surface area contributed by atoms with Crippen LogP contribution in [0, 0.1) is 0 Å². The quantitative estimate of drug-likeness (QED) is 0.369. The van der Waals surface area contributed by atoms with Crippen molar-refractivity contribution in [2.45, 2.75) is 26.8 Å². The summed E-state index contributed by atoms with van der Waals surface area (Å²) < 4.78 is 0. The molecule has 0 aromatic carbocycles. The molecule has 0 bridgehead atoms. The molecule has 0 aromatic heterocycles. The van der Waals surface area contributed by atoms with Crippen molar-refractivity contribution < 1.29 is 15.0 Å². The van der Waals surface area contributed by atoms with Gasteiger partial charge in [0.15, 0.2) is 0 Å². The van der Waals surface area contributed by atoms with Crippen LogP contribution in [-0.4, -0.2) is 22.2 Å². The van der Waals surface area contributed by atoms with Gasteiger partial charge < -0.3 is 15.5 Å². The minimum absolute atomic E-state index is 0.189. The molecular formula is C11H17NO3. The zero-order valence-electron chi connectivity index (χ0n) is 9.24. The molecule has 0 fully saturated rings. The highest BCUT2D eigenvalue weighted by Gasteiger charge is 2.11. The van der Waals surface area contributed by atoms with E-state index in [4.69, 9.17) is 10.2 Å². The van der Waals surface area contributed by atoms with Crippen molar-refractivity contribution in [3.05, 3.63) is 35.8 Å². The number of hydrogen-bond donors (Lipinski definition) is 3. The number of nitrogens with one attached hydrogen (secondary N) is 1. The van der Waals surface area contributed by atoms with Crippen molar-refractivity contribution >= 4 is 5.97 Å². The van der Waals surface area contributed by atoms with E-state index in [1.807, 2.05) is 13.8 Å². The molecule has 0 aromatic rings. The van der Waals surface area contributed by atoms with Gasteiger partial charge in [0.25, 0.3) is 0 Å². The van der Waals surface area contributed by atoms with Crippen molar-refractivity contribution in [2.24, 2.45) is 0 Å². The zero-order chi connectivity index (χ0) is 12.0. The smallest absolute Gasteiger partial charge is 0.339 e. The van der Waals surface area contributed by atoms with Crippen LogP contribution in [0.3, 0.4) is 0 Å². The number of aliphatic hydroxyl groups is 1. The molecule has 0 aliphatic carbocycles. The first-order valence-electron chi connectivity index (χ1n) is 4.64. The normalized spacial score (nSPS) is 12.8. The van der Waals surface area contributed by atoms with Gasteiger partial charge in [-0.2, -0.15) is 0 Å². The molecule has 0 spiro atoms. The summed E-state index contributed by atoms with van der Waals surface area (Å²) in [7, 11) is 0. The minimum atomic E-state index is -1.20. The zero-order valence-corrected chi connectivity index (χ0v) is 9.24. The van der Waals surface area contributed by atoms with Crippen molar-refractivity contribution in [1.82, 2.24) is 5.32 Å². The lowest BCUT2D eigenvalue weighted by Crippen LogP contribution is -2.21. The van der Waals surface area contributed by atoms with Crippen LogP contribution >= 0.6 is 0 Å². The maximum atomic E-state index is 10.7. The molecule has 0 saturated heterocycles. The molecule has 0 saturated carbocycles. The summed E-state index contributed by atoms with van der Waals surface area (Å²) >= 11 is 0. The van der Waals surface area contributed by atoms with Crippen molar-refractivity contribution in [2.75, 3.05) is 0 Å². The molecule has 15 heavy (non-hydrogen) atoms. The lowest BCUT2D eigenvalue weighted by molar-refractivity contribution is -0.132. The molecule has 0 rings (SSSR count). The third-order valence-corrected chi connectivity index (χ3v) is 1.61. The second-order valence-corrected chi connectivity index (χ2v) is 3.35. The second-order valence-electron chi connectivity index (χ2n) is 3.35. The Kier molecular flexibility index (Phi) is 5.23. The molecule has 0 aliphatic rings. The third-order valence-electron chi connectivity index (χ3n) is 1.61. The molecule has 4 heteroatoms. The molecule has 0 amide bonds. The lowest BCUT2D eigenvalue weighted by atomic mass is 10.2. The van der Waals surface area contributed by atoms with Crippen LogP contribution in [0.25, 0.3) is 0 Å². The summed E-state index contributed by atoms with van der Waals surface area (Å²) in [6.45, 7) is 8.85. The fraction of sp³-hybridized carbons (Fsp3) is 0.364. The van der Waals surface area contributed by atoms with Crippen molar-refractivity contribution in [3.8, 4) is 0 Å². The van der Waals surface area contributed by atoms with Crippen LogP contribution in [-0.2, 0) is 4.79 Å². The Morgan fingerprint density at radius 2 is 1.93 bits per heavy atom. The summed E-state index contributed by atoms with van der Waals surface area (Å²) in [5.74, 6) is -1.65. The minimum Gasteiger partial charge on any atom is -0.508 e. The Balaban J connectivity index is 4.95. The average Bonchev–Trinajstić information content (AvgIpc) is 2.10. The predicted octanol–water partition coefficient (Wildman–Crippen LogP) is 1.97. The predicted molar refractivity (Wildman–Crippen MR) is 59.5 cm³/mol. The number of rotatable bonds is 5. The largest absolute Gasteiger partial charge is 0.508 e. The van der Waals surface area contributed by atoms with Crippen LogP contribution in [0.1, 0.15) is 20.8 Å². The first kappa shape index (κ1) is 13.3. The highest BCUT2D eigenvalue weighted by Crippen LogP contribution is 2.08. The summed E-state index contributed by atoms with van der Waals surface area (Å²) in [5.41, 5.74) is 0.425. The summed E-state index contributed by atoms with van der Waals surface area (Å²) in [4.78, 5) is 10.7. The van der Waals surface area contributed by atoms with Gasteiger partial charge in [-0.15, -0.1) is 0 Å². The van der Waals surface area contributed by atoms with E-state index in [0.717, 1.165) is 0 Å². The molecule has 4 nitrogen and oxygen atoms in total. The van der Waals surface area contributed by atoms with Crippen LogP contribution in [0.2, 0.25) is 0 Å². The number of hydrogen-bond acceptors (Lipinski definition) is 3. The third kappa shape index (κ3) is 4.90. The van der Waals surface area contributed by atoms with Gasteiger partial charge in [-0.1, -0.05) is 12.7 Å². The van der Waals surface area contributed by atoms with Gasteiger partial charge in [0.1, 0.15) is 11.3 Å². The monoisotopic (exact) mass is 211 g/mol. The van der Waals surface area contributed by atoms with Crippen molar-refractivity contribution in [1.29, 1.82) is 0 Å². The van der Waals surface area contributed by atoms with Gasteiger partial charge in [-0.3, -0.25) is 0 Å². The molecule has 3 N–H and O–H groups in total. The number of carbonyl (C=O) groups is 1. The Hall–Kier alpha value is -1.71. The molecule has 0 heterocycles. The second kappa shape index (κ2) is 5.90. The molecule has 84 valence electrons. The average molecular weight is 211 g/mol. The maximum Gasteiger partial charge on any atom is 0.339 e. The molecular weight excluding hydrogens is 194 g/mol. The van der Waals surface area contributed by atoms with E-state index in [0.29, 0.717) is 5.70 Å². The number of carboxylic acid groups (broad SMARTS) is 1. The fourth-order valence-corrected chi connectivity index (χ4v) is 0.966. The standard InChI is InChI=1S/C11H17NO3/c1-5-9(12-7(2)3)6-10(8(4)13)11(14)15/h5-7,12-13H,4H2,1-3H3,(H,14,15)/b9-5+,10-6+. The van der Waals surface area contributed by atoms with Crippen LogP contribution < -0.4 is 5.32 Å². The highest BCUT2D eigenvalue weighted by molar-refractivity contribution is 5.91. The summed E-state index contributed by atoms with van der Waals surface area (Å²) in [5, 5.41) is 20.9. The number of carboxylic acids is 1. The Bertz CT molecular complexity index is 298. The van der Waals surface area contributed by atoms with E-state index in [2.05, 4.69) is 11.9 Å². The summed E-state index contributed by atoms with van der Waals surface area (Å²) in [6.07, 6.45) is 3.08. The van der Waals surface area contributed by atoms with E-state index < -0.39 is 11.7 Å². The van der Waals surface area contributed by atoms with E-state index in [-0.39, 0.29) is 11.6 Å². The summed E-state index contributed by atoms with van der Waals surface area (Å²) in [6, 6.07) is 0.189. The highest BCUT2D eigenvalue weighted by atomic mass is 16.4. The van der Waals surface area contributed by atoms with Crippen molar-refractivity contribution in [3.63, 3.8) is 0 Å². The van der Waals surface area contributed by atoms with Gasteiger partial charge in [-0.05, 0) is 26.8 Å². The molecule has 0 radical (unpaired) electrons. The SMILES string of the molecule is C=C(O)/C(=C\C(=C/C)NC(C)C)C(=O)O. The first-order chi connectivity index (χ1) is 6.88. The van der Waals surface area contributed by atoms with Gasteiger partial charge in [0.2, 0.25) is 0 Å². The molecule has 0 atom stereocenters. The Labute approximate surface area is 89.6 Å². The fourth-order valence-electron chi connectivity index (χ4n) is 0.966. The van der Waals surface area contributed by atoms with Crippen LogP contribution in [0.15, 0.2) is 35.8 Å².